The lowest BCUT2D eigenvalue weighted by Crippen LogP contribution is -2.07. The number of amidine groups is 1. The summed E-state index contributed by atoms with van der Waals surface area (Å²) in [5, 5.41) is 10.1. The Kier molecular flexibility index (Phi) is 5.07. The Morgan fingerprint density at radius 2 is 2.36 bits per heavy atom. The van der Waals surface area contributed by atoms with Gasteiger partial charge in [-0.2, -0.15) is 0 Å². The third-order valence-corrected chi connectivity index (χ3v) is 1.02. The highest BCUT2D eigenvalue weighted by Gasteiger charge is 1.87. The van der Waals surface area contributed by atoms with Crippen LogP contribution in [0.2, 0.25) is 0 Å². The average molecular weight is 153 g/mol. The van der Waals surface area contributed by atoms with Gasteiger partial charge in [-0.3, -0.25) is 5.41 Å². The molecule has 0 saturated heterocycles. The van der Waals surface area contributed by atoms with E-state index < -0.39 is 0 Å². The van der Waals surface area contributed by atoms with Gasteiger partial charge in [-0.25, -0.2) is 4.99 Å². The minimum atomic E-state index is 0.404. The predicted molar refractivity (Wildman–Crippen MR) is 49.1 cm³/mol. The van der Waals surface area contributed by atoms with Gasteiger partial charge >= 0.3 is 0 Å². The maximum absolute atomic E-state index is 7.27. The van der Waals surface area contributed by atoms with Gasteiger partial charge in [-0.05, 0) is 13.3 Å². The van der Waals surface area contributed by atoms with E-state index in [1.807, 2.05) is 13.8 Å². The topological polar surface area (TPSA) is 48.2 Å². The van der Waals surface area contributed by atoms with E-state index in [1.54, 1.807) is 0 Å². The Labute approximate surface area is 67.7 Å². The molecule has 0 aliphatic heterocycles. The molecule has 0 heterocycles. The fourth-order valence-electron chi connectivity index (χ4n) is 0.522. The van der Waals surface area contributed by atoms with Gasteiger partial charge in [0.2, 0.25) is 0 Å². The zero-order valence-electron chi connectivity index (χ0n) is 7.15. The summed E-state index contributed by atoms with van der Waals surface area (Å²) in [7, 11) is 0. The molecule has 0 aliphatic carbocycles. The quantitative estimate of drug-likeness (QED) is 0.470. The van der Waals surface area contributed by atoms with E-state index in [2.05, 4.69) is 16.9 Å². The second kappa shape index (κ2) is 5.65. The Hall–Kier alpha value is -1.12. The summed E-state index contributed by atoms with van der Waals surface area (Å²) in [6.45, 7) is 7.49. The van der Waals surface area contributed by atoms with Crippen molar-refractivity contribution in [1.29, 1.82) is 5.41 Å². The molecule has 0 aromatic rings. The lowest BCUT2D eigenvalue weighted by atomic mass is 10.3. The summed E-state index contributed by atoms with van der Waals surface area (Å²) in [5.41, 5.74) is 0.832. The maximum Gasteiger partial charge on any atom is 0.122 e. The van der Waals surface area contributed by atoms with E-state index in [1.165, 1.54) is 6.34 Å². The molecular formula is C8H15N3. The first-order chi connectivity index (χ1) is 5.16. The number of rotatable bonds is 4. The van der Waals surface area contributed by atoms with Gasteiger partial charge in [0, 0.05) is 12.1 Å². The first-order valence-corrected chi connectivity index (χ1v) is 3.68. The van der Waals surface area contributed by atoms with Crippen LogP contribution in [0.5, 0.6) is 0 Å². The highest BCUT2D eigenvalue weighted by Crippen LogP contribution is 1.89. The molecule has 0 atom stereocenters. The Morgan fingerprint density at radius 1 is 1.73 bits per heavy atom. The number of hydrogen-bond acceptors (Lipinski definition) is 1. The molecule has 0 aliphatic rings. The number of hydrogen-bond donors (Lipinski definition) is 2. The van der Waals surface area contributed by atoms with Crippen molar-refractivity contribution in [3.05, 3.63) is 12.3 Å². The van der Waals surface area contributed by atoms with Gasteiger partial charge in [0.15, 0.2) is 0 Å². The van der Waals surface area contributed by atoms with Crippen molar-refractivity contribution in [2.24, 2.45) is 4.99 Å². The number of allylic oxidation sites excluding steroid dienone is 1. The fraction of sp³-hybridized carbons (Fsp3) is 0.500. The van der Waals surface area contributed by atoms with Crippen molar-refractivity contribution in [2.75, 3.05) is 0 Å². The van der Waals surface area contributed by atoms with Crippen molar-refractivity contribution in [3.63, 3.8) is 0 Å². The van der Waals surface area contributed by atoms with Crippen molar-refractivity contribution < 1.29 is 0 Å². The molecule has 0 aromatic carbocycles. The molecule has 3 heteroatoms. The van der Waals surface area contributed by atoms with Crippen LogP contribution in [0, 0.1) is 5.41 Å². The molecule has 0 bridgehead atoms. The van der Waals surface area contributed by atoms with Gasteiger partial charge in [-0.15, -0.1) is 0 Å². The van der Waals surface area contributed by atoms with Crippen LogP contribution in [-0.4, -0.2) is 12.2 Å². The van der Waals surface area contributed by atoms with E-state index in [0.29, 0.717) is 5.84 Å². The van der Waals surface area contributed by atoms with Gasteiger partial charge in [0.25, 0.3) is 0 Å². The number of nitrogens with one attached hydrogen (secondary N) is 2. The molecule has 0 fully saturated rings. The molecule has 62 valence electrons. The fourth-order valence-corrected chi connectivity index (χ4v) is 0.522. The minimum absolute atomic E-state index is 0.404. The monoisotopic (exact) mass is 153 g/mol. The Balaban J connectivity index is 3.56. The molecular weight excluding hydrogens is 138 g/mol. The molecule has 2 N–H and O–H groups in total. The highest BCUT2D eigenvalue weighted by molar-refractivity contribution is 5.86. The Morgan fingerprint density at radius 3 is 2.82 bits per heavy atom. The first-order valence-electron chi connectivity index (χ1n) is 3.68. The predicted octanol–water partition coefficient (Wildman–Crippen LogP) is 1.92. The lowest BCUT2D eigenvalue weighted by Gasteiger charge is -1.95. The summed E-state index contributed by atoms with van der Waals surface area (Å²) >= 11 is 0. The Bertz CT molecular complexity index is 170. The zero-order valence-corrected chi connectivity index (χ0v) is 7.15. The molecule has 0 amide bonds. The number of aliphatic imine (C=N–C) groups is 1. The summed E-state index contributed by atoms with van der Waals surface area (Å²) in [6.07, 6.45) is 3.19. The molecule has 0 spiro atoms. The van der Waals surface area contributed by atoms with Gasteiger partial charge in [0.05, 0.1) is 6.34 Å². The van der Waals surface area contributed by atoms with Crippen LogP contribution < -0.4 is 5.32 Å². The third kappa shape index (κ3) is 6.77. The maximum atomic E-state index is 7.27. The van der Waals surface area contributed by atoms with Crippen molar-refractivity contribution in [2.45, 2.75) is 26.7 Å². The van der Waals surface area contributed by atoms with Crippen LogP contribution in [0.25, 0.3) is 0 Å². The molecule has 11 heavy (non-hydrogen) atoms. The molecule has 0 saturated carbocycles. The highest BCUT2D eigenvalue weighted by atomic mass is 15.0. The summed E-state index contributed by atoms with van der Waals surface area (Å²) in [4.78, 5) is 3.84. The second-order valence-corrected chi connectivity index (χ2v) is 2.38. The van der Waals surface area contributed by atoms with Crippen molar-refractivity contribution in [1.82, 2.24) is 5.32 Å². The van der Waals surface area contributed by atoms with Gasteiger partial charge in [0.1, 0.15) is 5.84 Å². The number of nitrogens with zero attached hydrogens (tertiary/aromatic N) is 1. The van der Waals surface area contributed by atoms with Crippen molar-refractivity contribution >= 4 is 12.2 Å². The summed E-state index contributed by atoms with van der Waals surface area (Å²) < 4.78 is 0. The van der Waals surface area contributed by atoms with Crippen LogP contribution in [0.4, 0.5) is 0 Å². The van der Waals surface area contributed by atoms with E-state index in [-0.39, 0.29) is 0 Å². The SMILES string of the molecule is C=C(C)NC=NC(=N)CCC. The van der Waals surface area contributed by atoms with Gasteiger partial charge in [-0.1, -0.05) is 13.5 Å². The molecule has 0 radical (unpaired) electrons. The molecule has 0 unspecified atom stereocenters. The zero-order chi connectivity index (χ0) is 8.69. The summed E-state index contributed by atoms with van der Waals surface area (Å²) in [5.74, 6) is 0.404. The molecule has 0 rings (SSSR count). The van der Waals surface area contributed by atoms with Crippen LogP contribution in [0.3, 0.4) is 0 Å². The van der Waals surface area contributed by atoms with E-state index in [0.717, 1.165) is 18.5 Å². The van der Waals surface area contributed by atoms with E-state index in [9.17, 15) is 0 Å². The van der Waals surface area contributed by atoms with Crippen molar-refractivity contribution in [3.8, 4) is 0 Å². The van der Waals surface area contributed by atoms with Gasteiger partial charge < -0.3 is 5.32 Å². The van der Waals surface area contributed by atoms with Crippen LogP contribution in [0.15, 0.2) is 17.3 Å². The summed E-state index contributed by atoms with van der Waals surface area (Å²) in [6, 6.07) is 0. The van der Waals surface area contributed by atoms with E-state index in [4.69, 9.17) is 5.41 Å². The first kappa shape index (κ1) is 9.88. The molecule has 0 aromatic heterocycles. The third-order valence-electron chi connectivity index (χ3n) is 1.02. The van der Waals surface area contributed by atoms with E-state index >= 15 is 0 Å². The largest absolute Gasteiger partial charge is 0.351 e. The lowest BCUT2D eigenvalue weighted by molar-refractivity contribution is 0.975. The smallest absolute Gasteiger partial charge is 0.122 e. The minimum Gasteiger partial charge on any atom is -0.351 e. The molecule has 3 nitrogen and oxygen atoms in total. The normalized spacial score (nSPS) is 10.0. The van der Waals surface area contributed by atoms with Crippen LogP contribution in [0.1, 0.15) is 26.7 Å². The average Bonchev–Trinajstić information content (AvgIpc) is 1.87. The van der Waals surface area contributed by atoms with Crippen LogP contribution >= 0.6 is 0 Å². The second-order valence-electron chi connectivity index (χ2n) is 2.38. The standard InChI is InChI=1S/C8H15N3/c1-4-5-8(9)11-6-10-7(2)3/h6H,2,4-5H2,1,3H3,(H2,9,10,11). The van der Waals surface area contributed by atoms with Crippen LogP contribution in [-0.2, 0) is 0 Å².